The van der Waals surface area contributed by atoms with Gasteiger partial charge in [-0.3, -0.25) is 4.79 Å². The van der Waals surface area contributed by atoms with Crippen molar-refractivity contribution in [1.82, 2.24) is 5.32 Å². The minimum atomic E-state index is -0.435. The van der Waals surface area contributed by atoms with Crippen molar-refractivity contribution < 1.29 is 18.7 Å². The number of hydrogen-bond donors (Lipinski definition) is 1. The van der Waals surface area contributed by atoms with Gasteiger partial charge in [0.2, 0.25) is 0 Å². The molecule has 0 aliphatic heterocycles. The summed E-state index contributed by atoms with van der Waals surface area (Å²) >= 11 is 0. The van der Waals surface area contributed by atoms with Crippen LogP contribution in [0.15, 0.2) is 48.5 Å². The average Bonchev–Trinajstić information content (AvgIpc) is 2.53. The second-order valence-electron chi connectivity index (χ2n) is 4.87. The van der Waals surface area contributed by atoms with Crippen LogP contribution >= 0.6 is 0 Å². The topological polar surface area (TPSA) is 47.6 Å². The molecular weight excluding hydrogens is 285 g/mol. The van der Waals surface area contributed by atoms with Crippen LogP contribution in [0.2, 0.25) is 0 Å². The van der Waals surface area contributed by atoms with Gasteiger partial charge in [-0.1, -0.05) is 6.07 Å². The van der Waals surface area contributed by atoms with Gasteiger partial charge in [-0.2, -0.15) is 0 Å². The first-order chi connectivity index (χ1) is 10.6. The number of benzene rings is 2. The predicted octanol–water partition coefficient (Wildman–Crippen LogP) is 3.03. The zero-order valence-corrected chi connectivity index (χ0v) is 12.5. The van der Waals surface area contributed by atoms with E-state index in [0.29, 0.717) is 12.4 Å². The van der Waals surface area contributed by atoms with E-state index in [4.69, 9.17) is 9.47 Å². The maximum Gasteiger partial charge on any atom is 0.251 e. The van der Waals surface area contributed by atoms with Crippen molar-refractivity contribution in [3.63, 3.8) is 0 Å². The van der Waals surface area contributed by atoms with Crippen LogP contribution in [-0.4, -0.2) is 25.7 Å². The number of ether oxygens (including phenoxy) is 2. The van der Waals surface area contributed by atoms with E-state index >= 15 is 0 Å². The van der Waals surface area contributed by atoms with Crippen LogP contribution in [0.3, 0.4) is 0 Å². The van der Waals surface area contributed by atoms with Gasteiger partial charge in [0.1, 0.15) is 23.9 Å². The molecule has 22 heavy (non-hydrogen) atoms. The van der Waals surface area contributed by atoms with Gasteiger partial charge in [0, 0.05) is 5.56 Å². The van der Waals surface area contributed by atoms with E-state index < -0.39 is 5.82 Å². The molecule has 0 unspecified atom stereocenters. The van der Waals surface area contributed by atoms with Gasteiger partial charge in [0.25, 0.3) is 5.91 Å². The molecule has 0 aromatic heterocycles. The van der Waals surface area contributed by atoms with Crippen LogP contribution in [0.4, 0.5) is 4.39 Å². The molecule has 116 valence electrons. The smallest absolute Gasteiger partial charge is 0.251 e. The first-order valence-corrected chi connectivity index (χ1v) is 6.92. The highest BCUT2D eigenvalue weighted by atomic mass is 19.1. The van der Waals surface area contributed by atoms with Crippen molar-refractivity contribution in [2.45, 2.75) is 13.0 Å². The molecule has 0 heterocycles. The second kappa shape index (κ2) is 7.45. The van der Waals surface area contributed by atoms with Gasteiger partial charge < -0.3 is 14.8 Å². The monoisotopic (exact) mass is 303 g/mol. The summed E-state index contributed by atoms with van der Waals surface area (Å²) in [6.45, 7) is 2.13. The molecular formula is C17H18FNO3. The number of nitrogens with one attached hydrogen (secondary N) is 1. The fraction of sp³-hybridized carbons (Fsp3) is 0.235. The Hall–Kier alpha value is -2.56. The van der Waals surface area contributed by atoms with E-state index in [9.17, 15) is 9.18 Å². The summed E-state index contributed by atoms with van der Waals surface area (Å²) in [5.41, 5.74) is 0.288. The van der Waals surface area contributed by atoms with Crippen LogP contribution in [-0.2, 0) is 0 Å². The normalized spacial score (nSPS) is 11.6. The van der Waals surface area contributed by atoms with E-state index in [2.05, 4.69) is 5.32 Å². The molecule has 2 aromatic carbocycles. The SMILES string of the molecule is COc1ccc(OC[C@H](C)NC(=O)c2cccc(F)c2)cc1. The first-order valence-electron chi connectivity index (χ1n) is 6.92. The van der Waals surface area contributed by atoms with Gasteiger partial charge >= 0.3 is 0 Å². The maximum absolute atomic E-state index is 13.1. The number of amides is 1. The van der Waals surface area contributed by atoms with Crippen LogP contribution in [0.5, 0.6) is 11.5 Å². The molecule has 1 N–H and O–H groups in total. The summed E-state index contributed by atoms with van der Waals surface area (Å²) in [7, 11) is 1.60. The van der Waals surface area contributed by atoms with Crippen molar-refractivity contribution in [3.8, 4) is 11.5 Å². The molecule has 4 nitrogen and oxygen atoms in total. The van der Waals surface area contributed by atoms with Crippen LogP contribution in [0.25, 0.3) is 0 Å². The molecule has 1 atom stereocenters. The average molecular weight is 303 g/mol. The van der Waals surface area contributed by atoms with Crippen LogP contribution in [0, 0.1) is 5.82 Å². The zero-order valence-electron chi connectivity index (χ0n) is 12.5. The van der Waals surface area contributed by atoms with Gasteiger partial charge in [0.15, 0.2) is 0 Å². The molecule has 2 rings (SSSR count). The molecule has 5 heteroatoms. The van der Waals surface area contributed by atoms with Gasteiger partial charge in [-0.05, 0) is 49.4 Å². The highest BCUT2D eigenvalue weighted by Gasteiger charge is 2.11. The van der Waals surface area contributed by atoms with Gasteiger partial charge in [-0.25, -0.2) is 4.39 Å². The number of hydrogen-bond acceptors (Lipinski definition) is 3. The Bertz CT molecular complexity index is 628. The lowest BCUT2D eigenvalue weighted by Crippen LogP contribution is -2.36. The van der Waals surface area contributed by atoms with E-state index in [1.54, 1.807) is 37.4 Å². The summed E-state index contributed by atoms with van der Waals surface area (Å²) in [6, 6.07) is 12.5. The molecule has 0 radical (unpaired) electrons. The van der Waals surface area contributed by atoms with Crippen molar-refractivity contribution in [2.75, 3.05) is 13.7 Å². The lowest BCUT2D eigenvalue weighted by molar-refractivity contribution is 0.0926. The number of carbonyl (C=O) groups is 1. The molecule has 2 aromatic rings. The molecule has 0 aliphatic rings. The van der Waals surface area contributed by atoms with Crippen LogP contribution in [0.1, 0.15) is 17.3 Å². The molecule has 0 aliphatic carbocycles. The third kappa shape index (κ3) is 4.48. The van der Waals surface area contributed by atoms with Crippen molar-refractivity contribution in [1.29, 1.82) is 0 Å². The van der Waals surface area contributed by atoms with E-state index in [1.165, 1.54) is 18.2 Å². The second-order valence-corrected chi connectivity index (χ2v) is 4.87. The number of halogens is 1. The van der Waals surface area contributed by atoms with E-state index in [-0.39, 0.29) is 17.5 Å². The third-order valence-corrected chi connectivity index (χ3v) is 3.02. The third-order valence-electron chi connectivity index (χ3n) is 3.02. The van der Waals surface area contributed by atoms with Crippen molar-refractivity contribution >= 4 is 5.91 Å². The molecule has 0 saturated heterocycles. The molecule has 0 bridgehead atoms. The summed E-state index contributed by atoms with van der Waals surface area (Å²) in [5.74, 6) is 0.674. The number of carbonyl (C=O) groups excluding carboxylic acids is 1. The highest BCUT2D eigenvalue weighted by Crippen LogP contribution is 2.17. The van der Waals surface area contributed by atoms with Gasteiger partial charge in [-0.15, -0.1) is 0 Å². The highest BCUT2D eigenvalue weighted by molar-refractivity contribution is 5.94. The van der Waals surface area contributed by atoms with E-state index in [1.807, 2.05) is 6.92 Å². The fourth-order valence-corrected chi connectivity index (χ4v) is 1.87. The maximum atomic E-state index is 13.1. The predicted molar refractivity (Wildman–Crippen MR) is 81.8 cm³/mol. The Morgan fingerprint density at radius 3 is 2.50 bits per heavy atom. The minimum Gasteiger partial charge on any atom is -0.497 e. The molecule has 1 amide bonds. The Balaban J connectivity index is 1.84. The standard InChI is InChI=1S/C17H18FNO3/c1-12(11-22-16-8-6-15(21-2)7-9-16)19-17(20)13-4-3-5-14(18)10-13/h3-10,12H,11H2,1-2H3,(H,19,20)/t12-/m0/s1. The Labute approximate surface area is 128 Å². The largest absolute Gasteiger partial charge is 0.497 e. The summed E-state index contributed by atoms with van der Waals surface area (Å²) in [6.07, 6.45) is 0. The van der Waals surface area contributed by atoms with Crippen molar-refractivity contribution in [3.05, 3.63) is 59.9 Å². The van der Waals surface area contributed by atoms with Gasteiger partial charge in [0.05, 0.1) is 13.2 Å². The Kier molecular flexibility index (Phi) is 5.36. The molecule has 0 spiro atoms. The number of methoxy groups -OCH3 is 1. The Morgan fingerprint density at radius 1 is 1.18 bits per heavy atom. The summed E-state index contributed by atoms with van der Waals surface area (Å²) in [4.78, 5) is 12.0. The summed E-state index contributed by atoms with van der Waals surface area (Å²) < 4.78 is 23.7. The minimum absolute atomic E-state index is 0.210. The number of rotatable bonds is 6. The molecule has 0 fully saturated rings. The lowest BCUT2D eigenvalue weighted by atomic mass is 10.2. The molecule has 0 saturated carbocycles. The zero-order chi connectivity index (χ0) is 15.9. The van der Waals surface area contributed by atoms with Crippen LogP contribution < -0.4 is 14.8 Å². The lowest BCUT2D eigenvalue weighted by Gasteiger charge is -2.15. The first kappa shape index (κ1) is 15.8. The Morgan fingerprint density at radius 2 is 1.86 bits per heavy atom. The fourth-order valence-electron chi connectivity index (χ4n) is 1.87. The van der Waals surface area contributed by atoms with Crippen molar-refractivity contribution in [2.24, 2.45) is 0 Å². The van der Waals surface area contributed by atoms with E-state index in [0.717, 1.165) is 5.75 Å². The summed E-state index contributed by atoms with van der Waals surface area (Å²) in [5, 5.41) is 2.76. The quantitative estimate of drug-likeness (QED) is 0.892.